The number of ether oxygens (including phenoxy) is 1. The molecule has 0 unspecified atom stereocenters. The minimum Gasteiger partial charge on any atom is -0.481 e. The number of Topliss-reactive ketones (excluding diaryl/α,β-unsaturated/α-hetero) is 1. The standard InChI is InChI=1S/C21H19ClFN3O4S/c1-30-21-10-14(8-9-24-21)3-7-20(27)19-6-2-15(12-25-19)13-26-31(28,29)16-4-5-18(23)17(22)11-16/h2,4-6,8-12,26H,3,7,13H2,1H3. The number of sulfonamides is 1. The fourth-order valence-electron chi connectivity index (χ4n) is 2.70. The minimum atomic E-state index is -3.88. The van der Waals surface area contributed by atoms with Gasteiger partial charge in [0, 0.05) is 31.4 Å². The molecule has 3 rings (SSSR count). The molecular formula is C21H19ClFN3O4S. The van der Waals surface area contributed by atoms with Gasteiger partial charge >= 0.3 is 0 Å². The van der Waals surface area contributed by atoms with E-state index in [2.05, 4.69) is 14.7 Å². The number of pyridine rings is 2. The molecule has 7 nitrogen and oxygen atoms in total. The van der Waals surface area contributed by atoms with Crippen LogP contribution in [0, 0.1) is 5.82 Å². The summed E-state index contributed by atoms with van der Waals surface area (Å²) in [5, 5.41) is -0.280. The molecule has 0 aliphatic carbocycles. The molecule has 0 aliphatic rings. The van der Waals surface area contributed by atoms with Gasteiger partial charge in [-0.1, -0.05) is 17.7 Å². The van der Waals surface area contributed by atoms with Crippen molar-refractivity contribution in [2.24, 2.45) is 0 Å². The zero-order valence-electron chi connectivity index (χ0n) is 16.5. The summed E-state index contributed by atoms with van der Waals surface area (Å²) in [6.07, 6.45) is 3.83. The number of carbonyl (C=O) groups excluding carboxylic acids is 1. The largest absolute Gasteiger partial charge is 0.481 e. The van der Waals surface area contributed by atoms with Crippen molar-refractivity contribution < 1.29 is 22.3 Å². The van der Waals surface area contributed by atoms with E-state index < -0.39 is 15.8 Å². The van der Waals surface area contributed by atoms with Gasteiger partial charge in [0.05, 0.1) is 17.0 Å². The Hall–Kier alpha value is -2.88. The quantitative estimate of drug-likeness (QED) is 0.487. The van der Waals surface area contributed by atoms with E-state index in [-0.39, 0.29) is 34.4 Å². The van der Waals surface area contributed by atoms with Crippen molar-refractivity contribution >= 4 is 27.4 Å². The number of hydrogen-bond acceptors (Lipinski definition) is 6. The molecule has 162 valence electrons. The maximum absolute atomic E-state index is 13.2. The molecule has 0 fully saturated rings. The van der Waals surface area contributed by atoms with Gasteiger partial charge in [0.15, 0.2) is 5.78 Å². The summed E-state index contributed by atoms with van der Waals surface area (Å²) in [6.45, 7) is -0.0460. The second-order valence-electron chi connectivity index (χ2n) is 6.58. The number of benzene rings is 1. The van der Waals surface area contributed by atoms with Crippen LogP contribution in [0.15, 0.2) is 59.8 Å². The first-order valence-corrected chi connectivity index (χ1v) is 11.1. The van der Waals surface area contributed by atoms with Crippen LogP contribution >= 0.6 is 11.6 Å². The van der Waals surface area contributed by atoms with Crippen molar-refractivity contribution in [3.63, 3.8) is 0 Å². The lowest BCUT2D eigenvalue weighted by Crippen LogP contribution is -2.23. The SMILES string of the molecule is COc1cc(CCC(=O)c2ccc(CNS(=O)(=O)c3ccc(F)c(Cl)c3)cn2)ccn1. The molecule has 2 aromatic heterocycles. The molecule has 0 bridgehead atoms. The van der Waals surface area contributed by atoms with Crippen LogP contribution in [0.3, 0.4) is 0 Å². The highest BCUT2D eigenvalue weighted by Crippen LogP contribution is 2.19. The number of nitrogens with zero attached hydrogens (tertiary/aromatic N) is 2. The van der Waals surface area contributed by atoms with Crippen LogP contribution < -0.4 is 9.46 Å². The average molecular weight is 464 g/mol. The number of aryl methyl sites for hydroxylation is 1. The number of hydrogen-bond donors (Lipinski definition) is 1. The van der Waals surface area contributed by atoms with Gasteiger partial charge in [0.25, 0.3) is 0 Å². The van der Waals surface area contributed by atoms with Crippen molar-refractivity contribution in [3.05, 3.63) is 82.5 Å². The Balaban J connectivity index is 1.58. The molecule has 1 aromatic carbocycles. The molecule has 0 aliphatic heterocycles. The van der Waals surface area contributed by atoms with E-state index in [0.717, 1.165) is 23.8 Å². The predicted octanol–water partition coefficient (Wildman–Crippen LogP) is 3.57. The first-order chi connectivity index (χ1) is 14.8. The van der Waals surface area contributed by atoms with Crippen LogP contribution in [-0.4, -0.2) is 31.3 Å². The van der Waals surface area contributed by atoms with Gasteiger partial charge < -0.3 is 4.74 Å². The third-order valence-electron chi connectivity index (χ3n) is 4.43. The van der Waals surface area contributed by atoms with Crippen LogP contribution in [0.5, 0.6) is 5.88 Å². The van der Waals surface area contributed by atoms with E-state index in [9.17, 15) is 17.6 Å². The summed E-state index contributed by atoms with van der Waals surface area (Å²) in [5.41, 5.74) is 1.78. The third-order valence-corrected chi connectivity index (χ3v) is 6.12. The summed E-state index contributed by atoms with van der Waals surface area (Å²) in [5.74, 6) is -0.352. The van der Waals surface area contributed by atoms with Crippen molar-refractivity contribution in [1.82, 2.24) is 14.7 Å². The van der Waals surface area contributed by atoms with Crippen molar-refractivity contribution in [2.45, 2.75) is 24.3 Å². The lowest BCUT2D eigenvalue weighted by Gasteiger charge is -2.08. The monoisotopic (exact) mass is 463 g/mol. The van der Waals surface area contributed by atoms with E-state index in [1.165, 1.54) is 13.3 Å². The van der Waals surface area contributed by atoms with E-state index in [1.54, 1.807) is 24.4 Å². The molecule has 10 heteroatoms. The van der Waals surface area contributed by atoms with Crippen LogP contribution in [0.4, 0.5) is 4.39 Å². The van der Waals surface area contributed by atoms with Gasteiger partial charge in [-0.2, -0.15) is 0 Å². The van der Waals surface area contributed by atoms with E-state index >= 15 is 0 Å². The van der Waals surface area contributed by atoms with Crippen molar-refractivity contribution in [1.29, 1.82) is 0 Å². The topological polar surface area (TPSA) is 98.2 Å². The van der Waals surface area contributed by atoms with Crippen molar-refractivity contribution in [2.75, 3.05) is 7.11 Å². The fraction of sp³-hybridized carbons (Fsp3) is 0.190. The number of nitrogens with one attached hydrogen (secondary N) is 1. The van der Waals surface area contributed by atoms with Gasteiger partial charge in [-0.15, -0.1) is 0 Å². The van der Waals surface area contributed by atoms with Crippen LogP contribution in [-0.2, 0) is 23.0 Å². The second-order valence-corrected chi connectivity index (χ2v) is 8.76. The summed E-state index contributed by atoms with van der Waals surface area (Å²) >= 11 is 5.65. The Bertz CT molecular complexity index is 1190. The molecule has 0 atom stereocenters. The van der Waals surface area contributed by atoms with Crippen LogP contribution in [0.2, 0.25) is 5.02 Å². The minimum absolute atomic E-state index is 0.0460. The number of carbonyl (C=O) groups is 1. The normalized spacial score (nSPS) is 11.3. The Morgan fingerprint density at radius 2 is 1.94 bits per heavy atom. The van der Waals surface area contributed by atoms with Crippen molar-refractivity contribution in [3.8, 4) is 5.88 Å². The molecule has 0 saturated carbocycles. The average Bonchev–Trinajstić information content (AvgIpc) is 2.78. The first-order valence-electron chi connectivity index (χ1n) is 9.20. The summed E-state index contributed by atoms with van der Waals surface area (Å²) in [6, 6.07) is 9.90. The highest BCUT2D eigenvalue weighted by Gasteiger charge is 2.16. The summed E-state index contributed by atoms with van der Waals surface area (Å²) < 4.78 is 45.4. The zero-order chi connectivity index (χ0) is 22.4. The molecular weight excluding hydrogens is 445 g/mol. The van der Waals surface area contributed by atoms with Gasteiger partial charge in [-0.25, -0.2) is 22.5 Å². The number of methoxy groups -OCH3 is 1. The molecule has 0 radical (unpaired) electrons. The Labute approximate surface area is 184 Å². The van der Waals surface area contributed by atoms with Crippen LogP contribution in [0.25, 0.3) is 0 Å². The zero-order valence-corrected chi connectivity index (χ0v) is 18.1. The number of aromatic nitrogens is 2. The summed E-state index contributed by atoms with van der Waals surface area (Å²) in [7, 11) is -2.35. The lowest BCUT2D eigenvalue weighted by molar-refractivity contribution is 0.0978. The highest BCUT2D eigenvalue weighted by atomic mass is 35.5. The first kappa shape index (κ1) is 22.8. The molecule has 0 saturated heterocycles. The molecule has 31 heavy (non-hydrogen) atoms. The molecule has 0 amide bonds. The van der Waals surface area contributed by atoms with Gasteiger partial charge in [0.1, 0.15) is 11.5 Å². The highest BCUT2D eigenvalue weighted by molar-refractivity contribution is 7.89. The smallest absolute Gasteiger partial charge is 0.240 e. The number of halogens is 2. The second kappa shape index (κ2) is 9.95. The third kappa shape index (κ3) is 6.06. The van der Waals surface area contributed by atoms with E-state index in [0.29, 0.717) is 17.9 Å². The van der Waals surface area contributed by atoms with E-state index in [1.807, 2.05) is 6.07 Å². The predicted molar refractivity (Wildman–Crippen MR) is 113 cm³/mol. The number of rotatable bonds is 9. The maximum Gasteiger partial charge on any atom is 0.240 e. The Morgan fingerprint density at radius 1 is 1.13 bits per heavy atom. The lowest BCUT2D eigenvalue weighted by atomic mass is 10.1. The van der Waals surface area contributed by atoms with E-state index in [4.69, 9.17) is 16.3 Å². The fourth-order valence-corrected chi connectivity index (χ4v) is 3.99. The Kier molecular flexibility index (Phi) is 7.32. The molecule has 2 heterocycles. The van der Waals surface area contributed by atoms with Gasteiger partial charge in [-0.3, -0.25) is 9.78 Å². The molecule has 1 N–H and O–H groups in total. The Morgan fingerprint density at radius 3 is 2.61 bits per heavy atom. The van der Waals surface area contributed by atoms with Crippen LogP contribution in [0.1, 0.15) is 28.0 Å². The van der Waals surface area contributed by atoms with Gasteiger partial charge in [-0.05, 0) is 47.9 Å². The summed E-state index contributed by atoms with van der Waals surface area (Å²) in [4.78, 5) is 20.4. The van der Waals surface area contributed by atoms with Gasteiger partial charge in [0.2, 0.25) is 15.9 Å². The molecule has 3 aromatic rings. The number of ketones is 1. The maximum atomic E-state index is 13.2. The molecule has 0 spiro atoms.